The highest BCUT2D eigenvalue weighted by molar-refractivity contribution is 7.89. The van der Waals surface area contributed by atoms with Crippen molar-refractivity contribution in [3.63, 3.8) is 0 Å². The lowest BCUT2D eigenvalue weighted by Crippen LogP contribution is -2.63. The van der Waals surface area contributed by atoms with Gasteiger partial charge in [0.2, 0.25) is 10.0 Å². The third-order valence-corrected chi connectivity index (χ3v) is 5.99. The molecule has 2 atom stereocenters. The molecule has 0 aromatic rings. The lowest BCUT2D eigenvalue weighted by Gasteiger charge is -2.49. The summed E-state index contributed by atoms with van der Waals surface area (Å²) in [5, 5.41) is 5.00. The third-order valence-electron chi connectivity index (χ3n) is 4.68. The smallest absolute Gasteiger partial charge is 0.212 e. The van der Waals surface area contributed by atoms with Crippen LogP contribution in [0.2, 0.25) is 0 Å². The SMILES string of the molecule is CN1CC(N2C3CCC2CC(S(N)(=O)=O)C3)C1. The first-order valence-corrected chi connectivity index (χ1v) is 8.03. The van der Waals surface area contributed by atoms with Crippen LogP contribution in [0.5, 0.6) is 0 Å². The number of likely N-dealkylation sites (tertiary alicyclic amines) is 1. The van der Waals surface area contributed by atoms with E-state index in [0.29, 0.717) is 18.1 Å². The van der Waals surface area contributed by atoms with Crippen molar-refractivity contribution >= 4 is 10.0 Å². The maximum Gasteiger partial charge on any atom is 0.212 e. The van der Waals surface area contributed by atoms with E-state index in [1.807, 2.05) is 0 Å². The second-order valence-corrected chi connectivity index (χ2v) is 7.73. The topological polar surface area (TPSA) is 66.6 Å². The minimum Gasteiger partial charge on any atom is -0.303 e. The Morgan fingerprint density at radius 3 is 2.00 bits per heavy atom. The average Bonchev–Trinajstić information content (AvgIpc) is 2.44. The van der Waals surface area contributed by atoms with Gasteiger partial charge in [-0.15, -0.1) is 0 Å². The van der Waals surface area contributed by atoms with Crippen molar-refractivity contribution in [2.24, 2.45) is 5.14 Å². The van der Waals surface area contributed by atoms with Gasteiger partial charge in [-0.1, -0.05) is 0 Å². The highest BCUT2D eigenvalue weighted by Gasteiger charge is 2.48. The van der Waals surface area contributed by atoms with Crippen LogP contribution in [0.15, 0.2) is 0 Å². The molecule has 98 valence electrons. The number of primary sulfonamides is 1. The van der Waals surface area contributed by atoms with Gasteiger partial charge < -0.3 is 4.90 Å². The summed E-state index contributed by atoms with van der Waals surface area (Å²) in [6.07, 6.45) is 3.79. The summed E-state index contributed by atoms with van der Waals surface area (Å²) >= 11 is 0. The summed E-state index contributed by atoms with van der Waals surface area (Å²) < 4.78 is 22.9. The molecule has 2 bridgehead atoms. The number of nitrogens with two attached hydrogens (primary N) is 1. The molecule has 0 aromatic carbocycles. The van der Waals surface area contributed by atoms with Crippen LogP contribution < -0.4 is 5.14 Å². The summed E-state index contributed by atoms with van der Waals surface area (Å²) in [5.41, 5.74) is 0. The van der Waals surface area contributed by atoms with Crippen molar-refractivity contribution in [2.75, 3.05) is 20.1 Å². The predicted octanol–water partition coefficient (Wildman–Crippen LogP) is -0.416. The van der Waals surface area contributed by atoms with Crippen molar-refractivity contribution in [3.05, 3.63) is 0 Å². The molecule has 2 unspecified atom stereocenters. The van der Waals surface area contributed by atoms with Crippen LogP contribution in [0.3, 0.4) is 0 Å². The largest absolute Gasteiger partial charge is 0.303 e. The van der Waals surface area contributed by atoms with E-state index in [1.54, 1.807) is 0 Å². The number of hydrogen-bond donors (Lipinski definition) is 1. The van der Waals surface area contributed by atoms with Crippen molar-refractivity contribution in [2.45, 2.75) is 49.1 Å². The van der Waals surface area contributed by atoms with E-state index in [9.17, 15) is 8.42 Å². The zero-order valence-corrected chi connectivity index (χ0v) is 11.1. The molecule has 3 aliphatic rings. The van der Waals surface area contributed by atoms with E-state index in [4.69, 9.17) is 5.14 Å². The summed E-state index contributed by atoms with van der Waals surface area (Å²) in [6.45, 7) is 2.26. The van der Waals surface area contributed by atoms with Gasteiger partial charge in [-0.2, -0.15) is 0 Å². The zero-order chi connectivity index (χ0) is 12.2. The van der Waals surface area contributed by atoms with Crippen molar-refractivity contribution in [3.8, 4) is 0 Å². The van der Waals surface area contributed by atoms with Gasteiger partial charge in [0, 0.05) is 31.2 Å². The predicted molar refractivity (Wildman–Crippen MR) is 66.1 cm³/mol. The van der Waals surface area contributed by atoms with Crippen LogP contribution in [0.4, 0.5) is 0 Å². The molecule has 0 amide bonds. The fourth-order valence-electron chi connectivity index (χ4n) is 3.88. The van der Waals surface area contributed by atoms with E-state index < -0.39 is 10.0 Å². The molecular formula is C11H21N3O2S. The van der Waals surface area contributed by atoms with E-state index >= 15 is 0 Å². The number of hydrogen-bond acceptors (Lipinski definition) is 4. The minimum absolute atomic E-state index is 0.297. The molecule has 3 aliphatic heterocycles. The maximum atomic E-state index is 11.5. The van der Waals surface area contributed by atoms with Crippen molar-refractivity contribution in [1.29, 1.82) is 0 Å². The zero-order valence-electron chi connectivity index (χ0n) is 10.2. The molecule has 0 spiro atoms. The van der Waals surface area contributed by atoms with E-state index in [1.165, 1.54) is 0 Å². The van der Waals surface area contributed by atoms with Gasteiger partial charge in [0.1, 0.15) is 0 Å². The molecule has 3 saturated heterocycles. The molecule has 17 heavy (non-hydrogen) atoms. The number of likely N-dealkylation sites (N-methyl/N-ethyl adjacent to an activating group) is 1. The second-order valence-electron chi connectivity index (χ2n) is 5.89. The second kappa shape index (κ2) is 3.91. The lowest BCUT2D eigenvalue weighted by atomic mass is 9.97. The van der Waals surface area contributed by atoms with Crippen molar-refractivity contribution < 1.29 is 8.42 Å². The molecule has 0 aliphatic carbocycles. The summed E-state index contributed by atoms with van der Waals surface area (Å²) in [5.74, 6) is 0. The number of nitrogens with zero attached hydrogens (tertiary/aromatic N) is 2. The molecule has 3 rings (SSSR count). The molecule has 0 aromatic heterocycles. The molecule has 3 heterocycles. The van der Waals surface area contributed by atoms with Crippen LogP contribution in [0.25, 0.3) is 0 Å². The molecular weight excluding hydrogens is 238 g/mol. The molecule has 2 N–H and O–H groups in total. The molecule has 3 fully saturated rings. The van der Waals surface area contributed by atoms with Gasteiger partial charge in [-0.25, -0.2) is 13.6 Å². The standard InChI is InChI=1S/C11H21N3O2S/c1-13-6-10(7-13)14-8-2-3-9(14)5-11(4-8)17(12,15)16/h8-11H,2-7H2,1H3,(H2,12,15,16). The van der Waals surface area contributed by atoms with E-state index in [2.05, 4.69) is 16.8 Å². The fourth-order valence-corrected chi connectivity index (χ4v) is 4.86. The highest BCUT2D eigenvalue weighted by atomic mass is 32.2. The highest BCUT2D eigenvalue weighted by Crippen LogP contribution is 2.40. The number of sulfonamides is 1. The molecule has 0 saturated carbocycles. The first-order chi connectivity index (χ1) is 7.95. The first kappa shape index (κ1) is 11.9. The van der Waals surface area contributed by atoms with Gasteiger partial charge in [0.25, 0.3) is 0 Å². The van der Waals surface area contributed by atoms with Crippen LogP contribution in [-0.2, 0) is 10.0 Å². The summed E-state index contributed by atoms with van der Waals surface area (Å²) in [6, 6.07) is 1.56. The van der Waals surface area contributed by atoms with E-state index in [-0.39, 0.29) is 5.25 Å². The Morgan fingerprint density at radius 1 is 1.06 bits per heavy atom. The Hall–Kier alpha value is -0.170. The Kier molecular flexibility index (Phi) is 2.74. The maximum absolute atomic E-state index is 11.5. The van der Waals surface area contributed by atoms with Crippen LogP contribution in [-0.4, -0.2) is 61.7 Å². The van der Waals surface area contributed by atoms with Crippen LogP contribution >= 0.6 is 0 Å². The Balaban J connectivity index is 1.72. The average molecular weight is 259 g/mol. The van der Waals surface area contributed by atoms with E-state index in [0.717, 1.165) is 38.8 Å². The molecule has 6 heteroatoms. The third kappa shape index (κ3) is 2.01. The Bertz CT molecular complexity index is 391. The monoisotopic (exact) mass is 259 g/mol. The number of piperidine rings is 1. The number of fused-ring (bicyclic) bond motifs is 2. The van der Waals surface area contributed by atoms with Crippen molar-refractivity contribution in [1.82, 2.24) is 9.80 Å². The quantitative estimate of drug-likeness (QED) is 0.732. The summed E-state index contributed by atoms with van der Waals surface area (Å²) in [4.78, 5) is 4.90. The van der Waals surface area contributed by atoms with Gasteiger partial charge in [-0.05, 0) is 32.7 Å². The van der Waals surface area contributed by atoms with Gasteiger partial charge in [0.05, 0.1) is 5.25 Å². The van der Waals surface area contributed by atoms with Gasteiger partial charge >= 0.3 is 0 Å². The number of rotatable bonds is 2. The Labute approximate surface area is 103 Å². The molecule has 5 nitrogen and oxygen atoms in total. The molecule has 0 radical (unpaired) electrons. The van der Waals surface area contributed by atoms with Crippen LogP contribution in [0, 0.1) is 0 Å². The van der Waals surface area contributed by atoms with Gasteiger partial charge in [0.15, 0.2) is 0 Å². The minimum atomic E-state index is -3.34. The normalized spacial score (nSPS) is 40.5. The van der Waals surface area contributed by atoms with Gasteiger partial charge in [-0.3, -0.25) is 4.90 Å². The fraction of sp³-hybridized carbons (Fsp3) is 1.00. The summed E-state index contributed by atoms with van der Waals surface area (Å²) in [7, 11) is -1.20. The lowest BCUT2D eigenvalue weighted by molar-refractivity contribution is 0.000565. The Morgan fingerprint density at radius 2 is 1.59 bits per heavy atom. The van der Waals surface area contributed by atoms with Crippen LogP contribution in [0.1, 0.15) is 25.7 Å². The first-order valence-electron chi connectivity index (χ1n) is 6.42.